The van der Waals surface area contributed by atoms with Gasteiger partial charge >= 0.3 is 0 Å². The molecule has 0 aliphatic carbocycles. The second-order valence-electron chi connectivity index (χ2n) is 4.68. The molecule has 0 bridgehead atoms. The van der Waals surface area contributed by atoms with Crippen molar-refractivity contribution in [2.45, 2.75) is 4.90 Å². The van der Waals surface area contributed by atoms with Crippen LogP contribution in [0.4, 0.5) is 5.69 Å². The molecule has 3 aromatic rings. The number of aromatic amines is 1. The number of carbonyl (C=O) groups is 1. The molecule has 0 fully saturated rings. The summed E-state index contributed by atoms with van der Waals surface area (Å²) < 4.78 is 36.5. The third-order valence-corrected chi connectivity index (χ3v) is 4.11. The highest BCUT2D eigenvalue weighted by Crippen LogP contribution is 2.19. The van der Waals surface area contributed by atoms with E-state index in [1.165, 1.54) is 18.2 Å². The number of fused-ring (bicyclic) bond motifs is 1. The second kappa shape index (κ2) is 5.61. The first kappa shape index (κ1) is 15.4. The minimum Gasteiger partial charge on any atom is -0.429 e. The highest BCUT2D eigenvalue weighted by molar-refractivity contribution is 7.85. The molecule has 1 amide bonds. The van der Waals surface area contributed by atoms with Crippen molar-refractivity contribution in [1.29, 1.82) is 0 Å². The number of hydrogen-bond acceptors (Lipinski definition) is 5. The average molecular weight is 350 g/mol. The van der Waals surface area contributed by atoms with Crippen LogP contribution in [0.1, 0.15) is 10.4 Å². The molecule has 23 heavy (non-hydrogen) atoms. The summed E-state index contributed by atoms with van der Waals surface area (Å²) in [6.45, 7) is 0. The fraction of sp³-hybridized carbons (Fsp3) is 0. The molecule has 0 atom stereocenters. The van der Waals surface area contributed by atoms with E-state index in [4.69, 9.17) is 21.2 Å². The number of hydrogen-bond donors (Lipinski definition) is 3. The van der Waals surface area contributed by atoms with E-state index in [9.17, 15) is 13.2 Å². The van der Waals surface area contributed by atoms with Gasteiger partial charge in [-0.15, -0.1) is 0 Å². The van der Waals surface area contributed by atoms with Gasteiger partial charge in [-0.25, -0.2) is 0 Å². The smallest absolute Gasteiger partial charge is 0.294 e. The van der Waals surface area contributed by atoms with Crippen LogP contribution in [0.25, 0.3) is 11.1 Å². The Bertz CT molecular complexity index is 1070. The van der Waals surface area contributed by atoms with Crippen molar-refractivity contribution in [3.63, 3.8) is 0 Å². The zero-order valence-corrected chi connectivity index (χ0v) is 13.1. The number of aromatic nitrogens is 1. The van der Waals surface area contributed by atoms with E-state index in [0.29, 0.717) is 16.8 Å². The van der Waals surface area contributed by atoms with E-state index in [0.717, 1.165) is 6.07 Å². The lowest BCUT2D eigenvalue weighted by Crippen LogP contribution is -2.12. The summed E-state index contributed by atoms with van der Waals surface area (Å²) in [6.07, 6.45) is 0. The Balaban J connectivity index is 1.89. The second-order valence-corrected chi connectivity index (χ2v) is 6.47. The van der Waals surface area contributed by atoms with Crippen LogP contribution in [0.2, 0.25) is 0 Å². The number of carbonyl (C=O) groups excluding carboxylic acids is 1. The highest BCUT2D eigenvalue weighted by atomic mass is 32.2. The standard InChI is InChI=1S/C14H10N2O5S2/c17-13(8-2-1-3-10(6-8)23(18,19)20)15-9-4-5-12-11(7-9)16-14(22)21-12/h1-7H,(H,15,17)(H,16,22)(H,18,19,20). The lowest BCUT2D eigenvalue weighted by atomic mass is 10.2. The van der Waals surface area contributed by atoms with Gasteiger partial charge in [0.2, 0.25) is 0 Å². The van der Waals surface area contributed by atoms with Crippen molar-refractivity contribution < 1.29 is 22.2 Å². The molecular formula is C14H10N2O5S2. The first-order chi connectivity index (χ1) is 10.8. The van der Waals surface area contributed by atoms with Gasteiger partial charge in [-0.1, -0.05) is 6.07 Å². The van der Waals surface area contributed by atoms with E-state index in [1.807, 2.05) is 0 Å². The number of amides is 1. The Labute approximate surface area is 135 Å². The fourth-order valence-corrected chi connectivity index (χ4v) is 2.76. The summed E-state index contributed by atoms with van der Waals surface area (Å²) in [5, 5.41) is 2.63. The zero-order valence-electron chi connectivity index (χ0n) is 11.4. The van der Waals surface area contributed by atoms with Crippen molar-refractivity contribution in [1.82, 2.24) is 4.98 Å². The number of anilines is 1. The summed E-state index contributed by atoms with van der Waals surface area (Å²) in [5.74, 6) is -0.517. The van der Waals surface area contributed by atoms with Crippen molar-refractivity contribution in [2.75, 3.05) is 5.32 Å². The van der Waals surface area contributed by atoms with Crippen molar-refractivity contribution in [3.8, 4) is 0 Å². The van der Waals surface area contributed by atoms with Crippen molar-refractivity contribution in [2.24, 2.45) is 0 Å². The van der Waals surface area contributed by atoms with E-state index in [2.05, 4.69) is 10.3 Å². The lowest BCUT2D eigenvalue weighted by Gasteiger charge is -2.06. The van der Waals surface area contributed by atoms with Crippen LogP contribution in [-0.2, 0) is 10.1 Å². The summed E-state index contributed by atoms with van der Waals surface area (Å²) >= 11 is 4.88. The Kier molecular flexibility index (Phi) is 3.76. The molecule has 3 rings (SSSR count). The molecule has 0 radical (unpaired) electrons. The number of H-pyrrole nitrogens is 1. The molecule has 0 saturated heterocycles. The Morgan fingerprint density at radius 3 is 2.74 bits per heavy atom. The van der Waals surface area contributed by atoms with Crippen LogP contribution in [0.5, 0.6) is 0 Å². The van der Waals surface area contributed by atoms with Gasteiger partial charge in [-0.2, -0.15) is 8.42 Å². The first-order valence-electron chi connectivity index (χ1n) is 6.35. The molecule has 1 aromatic heterocycles. The van der Waals surface area contributed by atoms with Crippen LogP contribution < -0.4 is 5.32 Å². The largest absolute Gasteiger partial charge is 0.429 e. The number of oxazole rings is 1. The SMILES string of the molecule is O=C(Nc1ccc2oc(=S)[nH]c2c1)c1cccc(S(=O)(=O)O)c1. The Hall–Kier alpha value is -2.49. The van der Waals surface area contributed by atoms with Crippen LogP contribution in [0, 0.1) is 4.84 Å². The minimum atomic E-state index is -4.37. The molecule has 0 aliphatic heterocycles. The van der Waals surface area contributed by atoms with Gasteiger partial charge < -0.3 is 14.7 Å². The zero-order chi connectivity index (χ0) is 16.6. The third kappa shape index (κ3) is 3.31. The summed E-state index contributed by atoms with van der Waals surface area (Å²) in [7, 11) is -4.37. The minimum absolute atomic E-state index is 0.0975. The topological polar surface area (TPSA) is 112 Å². The lowest BCUT2D eigenvalue weighted by molar-refractivity contribution is 0.102. The normalized spacial score (nSPS) is 11.5. The highest BCUT2D eigenvalue weighted by Gasteiger charge is 2.13. The molecule has 0 aliphatic rings. The Morgan fingerprint density at radius 2 is 2.00 bits per heavy atom. The molecule has 1 heterocycles. The molecule has 3 N–H and O–H groups in total. The van der Waals surface area contributed by atoms with Gasteiger partial charge in [-0.3, -0.25) is 9.35 Å². The molecule has 0 unspecified atom stereocenters. The van der Waals surface area contributed by atoms with Gasteiger partial charge in [-0.05, 0) is 48.6 Å². The monoisotopic (exact) mass is 350 g/mol. The molecule has 2 aromatic carbocycles. The van der Waals surface area contributed by atoms with Gasteiger partial charge in [0.1, 0.15) is 0 Å². The molecule has 118 valence electrons. The quantitative estimate of drug-likeness (QED) is 0.494. The van der Waals surface area contributed by atoms with Gasteiger partial charge in [0, 0.05) is 11.3 Å². The van der Waals surface area contributed by atoms with Crippen LogP contribution in [0.15, 0.2) is 51.8 Å². The van der Waals surface area contributed by atoms with E-state index in [-0.39, 0.29) is 15.3 Å². The van der Waals surface area contributed by atoms with Crippen molar-refractivity contribution in [3.05, 3.63) is 52.9 Å². The van der Waals surface area contributed by atoms with Crippen LogP contribution in [-0.4, -0.2) is 23.9 Å². The number of rotatable bonds is 3. The van der Waals surface area contributed by atoms with Crippen LogP contribution >= 0.6 is 12.2 Å². The summed E-state index contributed by atoms with van der Waals surface area (Å²) in [5.41, 5.74) is 1.76. The Morgan fingerprint density at radius 1 is 1.22 bits per heavy atom. The predicted octanol–water partition coefficient (Wildman–Crippen LogP) is 2.99. The van der Waals surface area contributed by atoms with Gasteiger partial charge in [0.25, 0.3) is 20.9 Å². The predicted molar refractivity (Wildman–Crippen MR) is 85.6 cm³/mol. The van der Waals surface area contributed by atoms with Gasteiger partial charge in [0.05, 0.1) is 10.4 Å². The van der Waals surface area contributed by atoms with E-state index in [1.54, 1.807) is 18.2 Å². The van der Waals surface area contributed by atoms with E-state index < -0.39 is 16.0 Å². The maximum atomic E-state index is 12.2. The maximum absolute atomic E-state index is 12.2. The van der Waals surface area contributed by atoms with Crippen LogP contribution in [0.3, 0.4) is 0 Å². The molecule has 0 saturated carbocycles. The summed E-state index contributed by atoms with van der Waals surface area (Å²) in [4.78, 5) is 14.9. The summed E-state index contributed by atoms with van der Waals surface area (Å²) in [6, 6.07) is 10.0. The van der Waals surface area contributed by atoms with E-state index >= 15 is 0 Å². The molecule has 9 heteroatoms. The molecular weight excluding hydrogens is 340 g/mol. The average Bonchev–Trinajstić information content (AvgIpc) is 2.86. The molecule has 0 spiro atoms. The van der Waals surface area contributed by atoms with Gasteiger partial charge in [0.15, 0.2) is 5.58 Å². The third-order valence-electron chi connectivity index (χ3n) is 3.07. The fourth-order valence-electron chi connectivity index (χ4n) is 2.03. The number of nitrogens with one attached hydrogen (secondary N) is 2. The number of benzene rings is 2. The molecule has 7 nitrogen and oxygen atoms in total. The maximum Gasteiger partial charge on any atom is 0.294 e. The first-order valence-corrected chi connectivity index (χ1v) is 8.19. The van der Waals surface area contributed by atoms with Crippen molar-refractivity contribution >= 4 is 45.0 Å².